The Morgan fingerprint density at radius 1 is 1.13 bits per heavy atom. The van der Waals surface area contributed by atoms with Gasteiger partial charge in [-0.25, -0.2) is 4.39 Å². The van der Waals surface area contributed by atoms with Crippen LogP contribution in [0.2, 0.25) is 0 Å². The summed E-state index contributed by atoms with van der Waals surface area (Å²) in [5.74, 6) is 0.337. The molecule has 2 heterocycles. The lowest BCUT2D eigenvalue weighted by Crippen LogP contribution is -2.30. The molecule has 1 unspecified atom stereocenters. The Balaban J connectivity index is 1.51. The zero-order valence-corrected chi connectivity index (χ0v) is 17.6. The van der Waals surface area contributed by atoms with Gasteiger partial charge in [-0.05, 0) is 56.7 Å². The monoisotopic (exact) mass is 418 g/mol. The fraction of sp³-hybridized carbons (Fsp3) is 0.208. The zero-order valence-electron chi connectivity index (χ0n) is 17.6. The molecule has 2 aromatic carbocycles. The molecule has 158 valence electrons. The SMILES string of the molecule is Cc1cc(-c2nc(-c3ccc(F)cc3)no2)c(C)n1CC(=O)NC(C)c1ccccc1. The Morgan fingerprint density at radius 3 is 2.55 bits per heavy atom. The summed E-state index contributed by atoms with van der Waals surface area (Å²) in [6.45, 7) is 6.00. The maximum Gasteiger partial charge on any atom is 0.260 e. The molecular formula is C24H23FN4O2. The molecule has 0 saturated carbocycles. The van der Waals surface area contributed by atoms with Gasteiger partial charge in [-0.3, -0.25) is 4.79 Å². The van der Waals surface area contributed by atoms with Gasteiger partial charge in [0.2, 0.25) is 11.7 Å². The Bertz CT molecular complexity index is 1200. The highest BCUT2D eigenvalue weighted by Crippen LogP contribution is 2.28. The minimum atomic E-state index is -0.323. The molecule has 0 bridgehead atoms. The normalized spacial score (nSPS) is 12.0. The van der Waals surface area contributed by atoms with Crippen molar-refractivity contribution in [3.05, 3.63) is 83.4 Å². The summed E-state index contributed by atoms with van der Waals surface area (Å²) in [6, 6.07) is 17.6. The molecule has 1 N–H and O–H groups in total. The maximum absolute atomic E-state index is 13.2. The molecule has 0 aliphatic rings. The minimum Gasteiger partial charge on any atom is -0.348 e. The lowest BCUT2D eigenvalue weighted by molar-refractivity contribution is -0.122. The highest BCUT2D eigenvalue weighted by Gasteiger charge is 2.19. The number of carbonyl (C=O) groups is 1. The van der Waals surface area contributed by atoms with Crippen LogP contribution in [0, 0.1) is 19.7 Å². The summed E-state index contributed by atoms with van der Waals surface area (Å²) in [5, 5.41) is 7.05. The average molecular weight is 418 g/mol. The van der Waals surface area contributed by atoms with Crippen LogP contribution in [0.5, 0.6) is 0 Å². The van der Waals surface area contributed by atoms with Crippen LogP contribution in [0.15, 0.2) is 65.2 Å². The van der Waals surface area contributed by atoms with Gasteiger partial charge < -0.3 is 14.4 Å². The zero-order chi connectivity index (χ0) is 22.0. The van der Waals surface area contributed by atoms with E-state index in [1.807, 2.05) is 61.7 Å². The number of halogens is 1. The third-order valence-corrected chi connectivity index (χ3v) is 5.31. The summed E-state index contributed by atoms with van der Waals surface area (Å²) in [4.78, 5) is 17.1. The van der Waals surface area contributed by atoms with E-state index in [0.29, 0.717) is 17.3 Å². The Morgan fingerprint density at radius 2 is 1.84 bits per heavy atom. The second-order valence-electron chi connectivity index (χ2n) is 7.50. The minimum absolute atomic E-state index is 0.0813. The topological polar surface area (TPSA) is 73.0 Å². The molecule has 0 fully saturated rings. The fourth-order valence-corrected chi connectivity index (χ4v) is 3.57. The van der Waals surface area contributed by atoms with E-state index in [2.05, 4.69) is 15.5 Å². The Labute approximate surface area is 179 Å². The summed E-state index contributed by atoms with van der Waals surface area (Å²) in [6.07, 6.45) is 0. The maximum atomic E-state index is 13.2. The van der Waals surface area contributed by atoms with Gasteiger partial charge in [0.15, 0.2) is 0 Å². The first-order chi connectivity index (χ1) is 14.9. The first kappa shape index (κ1) is 20.5. The largest absolute Gasteiger partial charge is 0.348 e. The van der Waals surface area contributed by atoms with Crippen LogP contribution in [-0.4, -0.2) is 20.6 Å². The van der Waals surface area contributed by atoms with Crippen molar-refractivity contribution in [2.24, 2.45) is 0 Å². The van der Waals surface area contributed by atoms with E-state index in [0.717, 1.165) is 22.5 Å². The number of amides is 1. The molecule has 0 aliphatic carbocycles. The van der Waals surface area contributed by atoms with Crippen molar-refractivity contribution in [3.8, 4) is 22.8 Å². The highest BCUT2D eigenvalue weighted by molar-refractivity contribution is 5.77. The van der Waals surface area contributed by atoms with Crippen molar-refractivity contribution < 1.29 is 13.7 Å². The van der Waals surface area contributed by atoms with Crippen molar-refractivity contribution >= 4 is 5.91 Å². The molecule has 4 aromatic rings. The predicted octanol–water partition coefficient (Wildman–Crippen LogP) is 4.84. The third-order valence-electron chi connectivity index (χ3n) is 5.31. The fourth-order valence-electron chi connectivity index (χ4n) is 3.57. The van der Waals surface area contributed by atoms with Crippen LogP contribution in [0.1, 0.15) is 29.9 Å². The van der Waals surface area contributed by atoms with Gasteiger partial charge in [-0.15, -0.1) is 0 Å². The Kier molecular flexibility index (Phi) is 5.66. The second-order valence-corrected chi connectivity index (χ2v) is 7.50. The van der Waals surface area contributed by atoms with E-state index >= 15 is 0 Å². The number of aromatic nitrogens is 3. The van der Waals surface area contributed by atoms with Crippen molar-refractivity contribution in [1.29, 1.82) is 0 Å². The molecule has 0 radical (unpaired) electrons. The number of nitrogens with one attached hydrogen (secondary N) is 1. The smallest absolute Gasteiger partial charge is 0.260 e. The summed E-state index contributed by atoms with van der Waals surface area (Å²) < 4.78 is 20.5. The van der Waals surface area contributed by atoms with E-state index in [1.54, 1.807) is 12.1 Å². The second kappa shape index (κ2) is 8.55. The summed E-state index contributed by atoms with van der Waals surface area (Å²) >= 11 is 0. The molecule has 7 heteroatoms. The quantitative estimate of drug-likeness (QED) is 0.486. The number of carbonyl (C=O) groups excluding carboxylic acids is 1. The molecule has 6 nitrogen and oxygen atoms in total. The van der Waals surface area contributed by atoms with Crippen LogP contribution in [-0.2, 0) is 11.3 Å². The van der Waals surface area contributed by atoms with Gasteiger partial charge in [0.25, 0.3) is 5.89 Å². The molecule has 0 aliphatic heterocycles. The first-order valence-corrected chi connectivity index (χ1v) is 10.0. The van der Waals surface area contributed by atoms with Crippen LogP contribution >= 0.6 is 0 Å². The number of hydrogen-bond donors (Lipinski definition) is 1. The van der Waals surface area contributed by atoms with Crippen molar-refractivity contribution in [3.63, 3.8) is 0 Å². The standard InChI is InChI=1S/C24H23FN4O2/c1-15-13-21(24-27-23(28-31-24)19-9-11-20(25)12-10-19)17(3)29(15)14-22(30)26-16(2)18-7-5-4-6-8-18/h4-13,16H,14H2,1-3H3,(H,26,30). The van der Waals surface area contributed by atoms with Gasteiger partial charge in [0.1, 0.15) is 12.4 Å². The highest BCUT2D eigenvalue weighted by atomic mass is 19.1. The number of benzene rings is 2. The van der Waals surface area contributed by atoms with Crippen molar-refractivity contribution in [2.45, 2.75) is 33.4 Å². The van der Waals surface area contributed by atoms with Gasteiger partial charge in [-0.2, -0.15) is 4.98 Å². The third kappa shape index (κ3) is 4.40. The van der Waals surface area contributed by atoms with Crippen LogP contribution in [0.25, 0.3) is 22.8 Å². The van der Waals surface area contributed by atoms with Crippen molar-refractivity contribution in [2.75, 3.05) is 0 Å². The molecule has 1 atom stereocenters. The first-order valence-electron chi connectivity index (χ1n) is 10.0. The number of aryl methyl sites for hydroxylation is 1. The van der Waals surface area contributed by atoms with E-state index in [1.165, 1.54) is 12.1 Å². The van der Waals surface area contributed by atoms with E-state index < -0.39 is 0 Å². The number of hydrogen-bond acceptors (Lipinski definition) is 4. The summed E-state index contributed by atoms with van der Waals surface area (Å²) in [5.41, 5.74) is 4.25. The molecule has 0 spiro atoms. The average Bonchev–Trinajstić information content (AvgIpc) is 3.35. The number of rotatable bonds is 6. The van der Waals surface area contributed by atoms with Gasteiger partial charge in [0.05, 0.1) is 11.6 Å². The van der Waals surface area contributed by atoms with Gasteiger partial charge in [-0.1, -0.05) is 35.5 Å². The van der Waals surface area contributed by atoms with E-state index in [9.17, 15) is 9.18 Å². The predicted molar refractivity (Wildman–Crippen MR) is 116 cm³/mol. The Hall–Kier alpha value is -3.74. The van der Waals surface area contributed by atoms with Crippen LogP contribution in [0.4, 0.5) is 4.39 Å². The molecular weight excluding hydrogens is 395 g/mol. The molecule has 2 aromatic heterocycles. The van der Waals surface area contributed by atoms with Crippen LogP contribution in [0.3, 0.4) is 0 Å². The lowest BCUT2D eigenvalue weighted by Gasteiger charge is -2.16. The van der Waals surface area contributed by atoms with E-state index in [4.69, 9.17) is 4.52 Å². The molecule has 1 amide bonds. The van der Waals surface area contributed by atoms with Crippen LogP contribution < -0.4 is 5.32 Å². The molecule has 31 heavy (non-hydrogen) atoms. The molecule has 0 saturated heterocycles. The van der Waals surface area contributed by atoms with Crippen molar-refractivity contribution in [1.82, 2.24) is 20.0 Å². The number of nitrogens with zero attached hydrogens (tertiary/aromatic N) is 3. The lowest BCUT2D eigenvalue weighted by atomic mass is 10.1. The summed E-state index contributed by atoms with van der Waals surface area (Å²) in [7, 11) is 0. The van der Waals surface area contributed by atoms with Gasteiger partial charge >= 0.3 is 0 Å². The molecule has 4 rings (SSSR count). The van der Waals surface area contributed by atoms with Gasteiger partial charge in [0, 0.05) is 17.0 Å². The van der Waals surface area contributed by atoms with E-state index in [-0.39, 0.29) is 24.3 Å².